The Labute approximate surface area is 95.5 Å². The molecule has 0 saturated heterocycles. The molecule has 2 aromatic rings. The number of aromatic nitrogens is 2. The number of hydrogen-bond donors (Lipinski definition) is 0. The minimum Gasteiger partial charge on any atom is -0.235 e. The Morgan fingerprint density at radius 1 is 1.21 bits per heavy atom. The van der Waals surface area contributed by atoms with Crippen LogP contribution >= 0.6 is 34.5 Å². The van der Waals surface area contributed by atoms with E-state index >= 15 is 0 Å². The van der Waals surface area contributed by atoms with Gasteiger partial charge in [-0.2, -0.15) is 0 Å². The van der Waals surface area contributed by atoms with Gasteiger partial charge in [0, 0.05) is 5.56 Å². The molecule has 2 aromatic heterocycles. The van der Waals surface area contributed by atoms with Crippen molar-refractivity contribution in [1.82, 2.24) is 9.97 Å². The van der Waals surface area contributed by atoms with Crippen molar-refractivity contribution < 1.29 is 0 Å². The first-order chi connectivity index (χ1) is 6.68. The summed E-state index contributed by atoms with van der Waals surface area (Å²) in [6.45, 7) is 1.89. The molecule has 0 N–H and O–H groups in total. The number of rotatable bonds is 1. The average molecular weight is 245 g/mol. The van der Waals surface area contributed by atoms with Gasteiger partial charge < -0.3 is 0 Å². The molecule has 0 unspecified atom stereocenters. The highest BCUT2D eigenvalue weighted by Crippen LogP contribution is 2.32. The summed E-state index contributed by atoms with van der Waals surface area (Å²) in [5.74, 6) is 0. The largest absolute Gasteiger partial charge is 0.235 e. The quantitative estimate of drug-likeness (QED) is 0.713. The summed E-state index contributed by atoms with van der Waals surface area (Å²) in [5.41, 5.74) is 1.73. The molecule has 0 bridgehead atoms. The van der Waals surface area contributed by atoms with Crippen molar-refractivity contribution in [2.45, 2.75) is 6.92 Å². The SMILES string of the molecule is Cc1c(Cl)ncnc1-c1ccc(Cl)s1. The zero-order chi connectivity index (χ0) is 10.1. The van der Waals surface area contributed by atoms with Crippen LogP contribution in [0.3, 0.4) is 0 Å². The summed E-state index contributed by atoms with van der Waals surface area (Å²) in [7, 11) is 0. The Balaban J connectivity index is 2.57. The summed E-state index contributed by atoms with van der Waals surface area (Å²) < 4.78 is 0.745. The van der Waals surface area contributed by atoms with Gasteiger partial charge in [0.15, 0.2) is 0 Å². The Bertz CT molecular complexity index is 468. The molecular weight excluding hydrogens is 239 g/mol. The first kappa shape index (κ1) is 9.90. The molecule has 0 aliphatic carbocycles. The lowest BCUT2D eigenvalue weighted by atomic mass is 10.2. The lowest BCUT2D eigenvalue weighted by molar-refractivity contribution is 1.14. The van der Waals surface area contributed by atoms with Gasteiger partial charge in [-0.1, -0.05) is 23.2 Å². The van der Waals surface area contributed by atoms with Gasteiger partial charge in [0.2, 0.25) is 0 Å². The smallest absolute Gasteiger partial charge is 0.135 e. The fraction of sp³-hybridized carbons (Fsp3) is 0.111. The lowest BCUT2D eigenvalue weighted by Gasteiger charge is -2.01. The summed E-state index contributed by atoms with van der Waals surface area (Å²) in [6.07, 6.45) is 1.46. The summed E-state index contributed by atoms with van der Waals surface area (Å²) >= 11 is 13.2. The number of halogens is 2. The Kier molecular flexibility index (Phi) is 2.72. The summed E-state index contributed by atoms with van der Waals surface area (Å²) in [5, 5.41) is 0.486. The predicted octanol–water partition coefficient (Wildman–Crippen LogP) is 3.82. The zero-order valence-electron chi connectivity index (χ0n) is 7.29. The average Bonchev–Trinajstić information content (AvgIpc) is 2.57. The fourth-order valence-electron chi connectivity index (χ4n) is 1.12. The highest BCUT2D eigenvalue weighted by Gasteiger charge is 2.09. The molecule has 0 spiro atoms. The van der Waals surface area contributed by atoms with E-state index in [4.69, 9.17) is 23.2 Å². The van der Waals surface area contributed by atoms with Crippen molar-refractivity contribution >= 4 is 34.5 Å². The van der Waals surface area contributed by atoms with Crippen LogP contribution in [0.15, 0.2) is 18.5 Å². The number of hydrogen-bond acceptors (Lipinski definition) is 3. The Hall–Kier alpha value is -0.640. The van der Waals surface area contributed by atoms with E-state index in [2.05, 4.69) is 9.97 Å². The normalized spacial score (nSPS) is 10.5. The van der Waals surface area contributed by atoms with Crippen molar-refractivity contribution in [2.75, 3.05) is 0 Å². The highest BCUT2D eigenvalue weighted by molar-refractivity contribution is 7.19. The zero-order valence-corrected chi connectivity index (χ0v) is 9.62. The summed E-state index contributed by atoms with van der Waals surface area (Å²) in [6, 6.07) is 3.77. The molecule has 14 heavy (non-hydrogen) atoms. The van der Waals surface area contributed by atoms with Gasteiger partial charge in [0.1, 0.15) is 11.5 Å². The molecule has 2 nitrogen and oxygen atoms in total. The molecule has 0 amide bonds. The maximum atomic E-state index is 5.89. The van der Waals surface area contributed by atoms with E-state index in [1.54, 1.807) is 0 Å². The van der Waals surface area contributed by atoms with Crippen LogP contribution in [0.4, 0.5) is 0 Å². The van der Waals surface area contributed by atoms with Crippen molar-refractivity contribution in [1.29, 1.82) is 0 Å². The molecule has 0 fully saturated rings. The lowest BCUT2D eigenvalue weighted by Crippen LogP contribution is -1.89. The summed E-state index contributed by atoms with van der Waals surface area (Å²) in [4.78, 5) is 9.09. The van der Waals surface area contributed by atoms with Crippen LogP contribution in [0, 0.1) is 6.92 Å². The van der Waals surface area contributed by atoms with Crippen molar-refractivity contribution in [3.63, 3.8) is 0 Å². The first-order valence-electron chi connectivity index (χ1n) is 3.91. The van der Waals surface area contributed by atoms with Crippen LogP contribution in [-0.2, 0) is 0 Å². The Morgan fingerprint density at radius 3 is 2.64 bits per heavy atom. The molecule has 0 atom stereocenters. The van der Waals surface area contributed by atoms with Crippen molar-refractivity contribution in [3.8, 4) is 10.6 Å². The molecular formula is C9H6Cl2N2S. The molecule has 0 aliphatic rings. The topological polar surface area (TPSA) is 25.8 Å². The van der Waals surface area contributed by atoms with E-state index in [9.17, 15) is 0 Å². The van der Waals surface area contributed by atoms with E-state index in [-0.39, 0.29) is 0 Å². The van der Waals surface area contributed by atoms with Crippen LogP contribution in [0.2, 0.25) is 9.49 Å². The molecule has 0 aliphatic heterocycles. The molecule has 2 rings (SSSR count). The second-order valence-corrected chi connectivity index (χ2v) is 4.81. The molecule has 5 heteroatoms. The van der Waals surface area contributed by atoms with Crippen LogP contribution in [-0.4, -0.2) is 9.97 Å². The van der Waals surface area contributed by atoms with E-state index in [0.29, 0.717) is 5.15 Å². The second-order valence-electron chi connectivity index (χ2n) is 2.74. The first-order valence-corrected chi connectivity index (χ1v) is 5.48. The minimum absolute atomic E-state index is 0.486. The highest BCUT2D eigenvalue weighted by atomic mass is 35.5. The molecule has 0 saturated carbocycles. The van der Waals surface area contributed by atoms with E-state index in [0.717, 1.165) is 20.5 Å². The van der Waals surface area contributed by atoms with Crippen LogP contribution in [0.5, 0.6) is 0 Å². The van der Waals surface area contributed by atoms with Gasteiger partial charge in [-0.3, -0.25) is 0 Å². The van der Waals surface area contributed by atoms with E-state index in [1.807, 2.05) is 19.1 Å². The monoisotopic (exact) mass is 244 g/mol. The van der Waals surface area contributed by atoms with E-state index < -0.39 is 0 Å². The third-order valence-electron chi connectivity index (χ3n) is 1.83. The molecule has 72 valence electrons. The number of nitrogens with zero attached hydrogens (tertiary/aromatic N) is 2. The van der Waals surface area contributed by atoms with Gasteiger partial charge >= 0.3 is 0 Å². The number of thiophene rings is 1. The third kappa shape index (κ3) is 1.75. The maximum absolute atomic E-state index is 5.89. The van der Waals surface area contributed by atoms with Gasteiger partial charge in [-0.25, -0.2) is 9.97 Å². The molecule has 0 aromatic carbocycles. The van der Waals surface area contributed by atoms with Crippen LogP contribution in [0.25, 0.3) is 10.6 Å². The van der Waals surface area contributed by atoms with Crippen molar-refractivity contribution in [3.05, 3.63) is 33.5 Å². The molecule has 2 heterocycles. The fourth-order valence-corrected chi connectivity index (χ4v) is 2.35. The molecule has 0 radical (unpaired) electrons. The maximum Gasteiger partial charge on any atom is 0.135 e. The minimum atomic E-state index is 0.486. The van der Waals surface area contributed by atoms with E-state index in [1.165, 1.54) is 17.7 Å². The standard InChI is InChI=1S/C9H6Cl2N2S/c1-5-8(12-4-13-9(5)11)6-2-3-7(10)14-6/h2-4H,1H3. The van der Waals surface area contributed by atoms with Crippen LogP contribution in [0.1, 0.15) is 5.56 Å². The Morgan fingerprint density at radius 2 is 2.00 bits per heavy atom. The van der Waals surface area contributed by atoms with Gasteiger partial charge in [0.05, 0.1) is 14.9 Å². The van der Waals surface area contributed by atoms with Crippen LogP contribution < -0.4 is 0 Å². The van der Waals surface area contributed by atoms with Gasteiger partial charge in [-0.05, 0) is 19.1 Å². The van der Waals surface area contributed by atoms with Gasteiger partial charge in [-0.15, -0.1) is 11.3 Å². The third-order valence-corrected chi connectivity index (χ3v) is 3.45. The predicted molar refractivity (Wildman–Crippen MR) is 60.1 cm³/mol. The van der Waals surface area contributed by atoms with Gasteiger partial charge in [0.25, 0.3) is 0 Å². The van der Waals surface area contributed by atoms with Crippen molar-refractivity contribution in [2.24, 2.45) is 0 Å². The second kappa shape index (κ2) is 3.85.